The van der Waals surface area contributed by atoms with Gasteiger partial charge in [0.05, 0.1) is 0 Å². The molecule has 4 heteroatoms. The Balaban J connectivity index is 2.47. The van der Waals surface area contributed by atoms with Crippen molar-refractivity contribution in [3.8, 4) is 0 Å². The summed E-state index contributed by atoms with van der Waals surface area (Å²) in [5.74, 6) is -0.142. The number of amides is 2. The molecule has 0 fully saturated rings. The molecule has 0 unspecified atom stereocenters. The predicted octanol–water partition coefficient (Wildman–Crippen LogP) is 3.35. The summed E-state index contributed by atoms with van der Waals surface area (Å²) in [5, 5.41) is 5.65. The molecule has 0 radical (unpaired) electrons. The number of rotatable bonds is 8. The van der Waals surface area contributed by atoms with Gasteiger partial charge in [-0.3, -0.25) is 9.59 Å². The summed E-state index contributed by atoms with van der Waals surface area (Å²) in [6.45, 7) is 4.65. The standard InChI is InChI=1S/C16H24N2O2/c1-3-5-6-7-11-17-16(20)13-9-8-10-14(12-13)18-15(19)4-2/h8-10,12H,3-7,11H2,1-2H3,(H,17,20)(H,18,19). The van der Waals surface area contributed by atoms with Gasteiger partial charge in [0.2, 0.25) is 5.91 Å². The van der Waals surface area contributed by atoms with Gasteiger partial charge in [-0.05, 0) is 24.6 Å². The Labute approximate surface area is 121 Å². The molecule has 0 heterocycles. The summed E-state index contributed by atoms with van der Waals surface area (Å²) < 4.78 is 0. The summed E-state index contributed by atoms with van der Waals surface area (Å²) >= 11 is 0. The maximum atomic E-state index is 12.0. The second-order valence-electron chi connectivity index (χ2n) is 4.80. The first-order valence-electron chi connectivity index (χ1n) is 7.35. The number of carbonyl (C=O) groups excluding carboxylic acids is 2. The number of benzene rings is 1. The minimum Gasteiger partial charge on any atom is -0.352 e. The van der Waals surface area contributed by atoms with Crippen molar-refractivity contribution in [3.63, 3.8) is 0 Å². The quantitative estimate of drug-likeness (QED) is 0.715. The lowest BCUT2D eigenvalue weighted by Gasteiger charge is -2.07. The molecular formula is C16H24N2O2. The fourth-order valence-electron chi connectivity index (χ4n) is 1.84. The number of anilines is 1. The van der Waals surface area contributed by atoms with E-state index in [1.165, 1.54) is 12.8 Å². The summed E-state index contributed by atoms with van der Waals surface area (Å²) in [6, 6.07) is 7.01. The molecule has 0 aromatic heterocycles. The summed E-state index contributed by atoms with van der Waals surface area (Å²) in [4.78, 5) is 23.3. The van der Waals surface area contributed by atoms with Gasteiger partial charge in [0, 0.05) is 24.2 Å². The van der Waals surface area contributed by atoms with Crippen molar-refractivity contribution >= 4 is 17.5 Å². The number of hydrogen-bond donors (Lipinski definition) is 2. The molecule has 2 amide bonds. The van der Waals surface area contributed by atoms with Crippen LogP contribution in [0.3, 0.4) is 0 Å². The molecule has 0 bridgehead atoms. The fourth-order valence-corrected chi connectivity index (χ4v) is 1.84. The molecule has 0 spiro atoms. The van der Waals surface area contributed by atoms with Crippen molar-refractivity contribution in [1.29, 1.82) is 0 Å². The lowest BCUT2D eigenvalue weighted by molar-refractivity contribution is -0.115. The van der Waals surface area contributed by atoms with E-state index >= 15 is 0 Å². The van der Waals surface area contributed by atoms with Crippen LogP contribution in [-0.2, 0) is 4.79 Å². The Morgan fingerprint density at radius 1 is 1.10 bits per heavy atom. The van der Waals surface area contributed by atoms with Gasteiger partial charge in [0.1, 0.15) is 0 Å². The highest BCUT2D eigenvalue weighted by Gasteiger charge is 2.06. The van der Waals surface area contributed by atoms with Crippen LogP contribution in [0.25, 0.3) is 0 Å². The van der Waals surface area contributed by atoms with Crippen LogP contribution in [0.15, 0.2) is 24.3 Å². The van der Waals surface area contributed by atoms with Crippen LogP contribution < -0.4 is 10.6 Å². The van der Waals surface area contributed by atoms with Crippen LogP contribution in [0.1, 0.15) is 56.3 Å². The fraction of sp³-hybridized carbons (Fsp3) is 0.500. The molecule has 0 aliphatic carbocycles. The topological polar surface area (TPSA) is 58.2 Å². The van der Waals surface area contributed by atoms with E-state index in [1.54, 1.807) is 31.2 Å². The molecule has 4 nitrogen and oxygen atoms in total. The number of carbonyl (C=O) groups is 2. The van der Waals surface area contributed by atoms with Crippen molar-refractivity contribution in [2.24, 2.45) is 0 Å². The third kappa shape index (κ3) is 5.87. The van der Waals surface area contributed by atoms with Gasteiger partial charge in [-0.15, -0.1) is 0 Å². The monoisotopic (exact) mass is 276 g/mol. The maximum absolute atomic E-state index is 12.0. The van der Waals surface area contributed by atoms with Crippen LogP contribution in [0.4, 0.5) is 5.69 Å². The number of unbranched alkanes of at least 4 members (excludes halogenated alkanes) is 3. The molecule has 2 N–H and O–H groups in total. The van der Waals surface area contributed by atoms with Crippen molar-refractivity contribution in [2.45, 2.75) is 46.0 Å². The van der Waals surface area contributed by atoms with Crippen molar-refractivity contribution in [1.82, 2.24) is 5.32 Å². The predicted molar refractivity (Wildman–Crippen MR) is 81.8 cm³/mol. The molecule has 0 saturated heterocycles. The van der Waals surface area contributed by atoms with Crippen LogP contribution in [0, 0.1) is 0 Å². The summed E-state index contributed by atoms with van der Waals surface area (Å²) in [7, 11) is 0. The molecule has 0 aliphatic rings. The summed E-state index contributed by atoms with van der Waals surface area (Å²) in [5.41, 5.74) is 1.24. The molecule has 1 aromatic carbocycles. The van der Waals surface area contributed by atoms with Gasteiger partial charge >= 0.3 is 0 Å². The van der Waals surface area contributed by atoms with E-state index in [2.05, 4.69) is 17.6 Å². The highest BCUT2D eigenvalue weighted by molar-refractivity contribution is 5.97. The Morgan fingerprint density at radius 2 is 1.90 bits per heavy atom. The van der Waals surface area contributed by atoms with Gasteiger partial charge in [0.15, 0.2) is 0 Å². The smallest absolute Gasteiger partial charge is 0.251 e. The summed E-state index contributed by atoms with van der Waals surface area (Å²) in [6.07, 6.45) is 4.96. The average molecular weight is 276 g/mol. The van der Waals surface area contributed by atoms with Gasteiger partial charge < -0.3 is 10.6 Å². The first kappa shape index (κ1) is 16.2. The number of hydrogen-bond acceptors (Lipinski definition) is 2. The molecule has 1 aromatic rings. The molecule has 1 rings (SSSR count). The van der Waals surface area contributed by atoms with Crippen LogP contribution >= 0.6 is 0 Å². The molecular weight excluding hydrogens is 252 g/mol. The Bertz CT molecular complexity index is 444. The first-order valence-corrected chi connectivity index (χ1v) is 7.35. The van der Waals surface area contributed by atoms with E-state index < -0.39 is 0 Å². The lowest BCUT2D eigenvalue weighted by atomic mass is 10.1. The van der Waals surface area contributed by atoms with Crippen molar-refractivity contribution < 1.29 is 9.59 Å². The van der Waals surface area contributed by atoms with E-state index in [0.29, 0.717) is 24.2 Å². The Kier molecular flexibility index (Phi) is 7.40. The Hall–Kier alpha value is -1.84. The third-order valence-corrected chi connectivity index (χ3v) is 3.05. The van der Waals surface area contributed by atoms with E-state index in [9.17, 15) is 9.59 Å². The SMILES string of the molecule is CCCCCCNC(=O)c1cccc(NC(=O)CC)c1. The van der Waals surface area contributed by atoms with Crippen LogP contribution in [0.5, 0.6) is 0 Å². The lowest BCUT2D eigenvalue weighted by Crippen LogP contribution is -2.24. The molecule has 20 heavy (non-hydrogen) atoms. The van der Waals surface area contributed by atoms with E-state index in [0.717, 1.165) is 12.8 Å². The van der Waals surface area contributed by atoms with E-state index in [-0.39, 0.29) is 11.8 Å². The average Bonchev–Trinajstić information content (AvgIpc) is 2.47. The minimum absolute atomic E-state index is 0.0536. The highest BCUT2D eigenvalue weighted by Crippen LogP contribution is 2.11. The van der Waals surface area contributed by atoms with Crippen LogP contribution in [0.2, 0.25) is 0 Å². The van der Waals surface area contributed by atoms with Gasteiger partial charge in [0.25, 0.3) is 5.91 Å². The van der Waals surface area contributed by atoms with Crippen molar-refractivity contribution in [2.75, 3.05) is 11.9 Å². The second kappa shape index (κ2) is 9.13. The van der Waals surface area contributed by atoms with Gasteiger partial charge in [-0.25, -0.2) is 0 Å². The molecule has 0 atom stereocenters. The van der Waals surface area contributed by atoms with Crippen LogP contribution in [-0.4, -0.2) is 18.4 Å². The number of nitrogens with one attached hydrogen (secondary N) is 2. The van der Waals surface area contributed by atoms with E-state index in [4.69, 9.17) is 0 Å². The first-order chi connectivity index (χ1) is 9.67. The zero-order valence-electron chi connectivity index (χ0n) is 12.4. The second-order valence-corrected chi connectivity index (χ2v) is 4.80. The van der Waals surface area contributed by atoms with E-state index in [1.807, 2.05) is 0 Å². The molecule has 0 saturated carbocycles. The minimum atomic E-state index is -0.0888. The zero-order valence-corrected chi connectivity index (χ0v) is 12.4. The Morgan fingerprint density at radius 3 is 2.60 bits per heavy atom. The molecule has 110 valence electrons. The normalized spacial score (nSPS) is 10.1. The highest BCUT2D eigenvalue weighted by atomic mass is 16.2. The van der Waals surface area contributed by atoms with Gasteiger partial charge in [-0.1, -0.05) is 39.2 Å². The largest absolute Gasteiger partial charge is 0.352 e. The zero-order chi connectivity index (χ0) is 14.8. The van der Waals surface area contributed by atoms with Crippen molar-refractivity contribution in [3.05, 3.63) is 29.8 Å². The third-order valence-electron chi connectivity index (χ3n) is 3.05. The molecule has 0 aliphatic heterocycles. The van der Waals surface area contributed by atoms with Gasteiger partial charge in [-0.2, -0.15) is 0 Å². The maximum Gasteiger partial charge on any atom is 0.251 e.